The van der Waals surface area contributed by atoms with Crippen LogP contribution in [0, 0.1) is 56.7 Å². The molecule has 206 valence electrons. The van der Waals surface area contributed by atoms with Gasteiger partial charge >= 0.3 is 17.9 Å². The average Bonchev–Trinajstić information content (AvgIpc) is 3.23. The van der Waals surface area contributed by atoms with Gasteiger partial charge in [-0.25, -0.2) is 0 Å². The van der Waals surface area contributed by atoms with Gasteiger partial charge in [0, 0.05) is 0 Å². The fraction of sp³-hybridized carbons (Fsp3) is 0.833. The van der Waals surface area contributed by atoms with Gasteiger partial charge in [0.2, 0.25) is 0 Å². The first-order valence-electron chi connectivity index (χ1n) is 14.2. The zero-order valence-electron chi connectivity index (χ0n) is 22.8. The zero-order chi connectivity index (χ0) is 27.3. The highest BCUT2D eigenvalue weighted by atomic mass is 16.4. The Morgan fingerprint density at radius 1 is 0.757 bits per heavy atom. The SMILES string of the molecule is C=C(C)[C@H]1CC[C@@]2(C(=O)O)CC[C@]3(C(=O)O)[C@H](CC[C@H]4[C@@]5(C)CC[C@@H](O)[C@](C)(C(=O)O)[C@H]5CC[C@@]43C)[C@@H]12. The van der Waals surface area contributed by atoms with Crippen LogP contribution in [0.4, 0.5) is 0 Å². The number of aliphatic hydroxyl groups excluding tert-OH is 1. The van der Waals surface area contributed by atoms with Crippen LogP contribution < -0.4 is 0 Å². The van der Waals surface area contributed by atoms with Crippen LogP contribution in [-0.2, 0) is 14.4 Å². The van der Waals surface area contributed by atoms with Crippen LogP contribution in [0.1, 0.15) is 91.9 Å². The highest BCUT2D eigenvalue weighted by Gasteiger charge is 2.76. The maximum absolute atomic E-state index is 13.6. The molecule has 5 rings (SSSR count). The predicted octanol–water partition coefficient (Wildman–Crippen LogP) is 5.22. The summed E-state index contributed by atoms with van der Waals surface area (Å²) in [5.41, 5.74) is -3.24. The molecule has 5 aliphatic carbocycles. The number of carboxylic acid groups (broad SMARTS) is 3. The number of aliphatic hydroxyl groups is 1. The zero-order valence-corrected chi connectivity index (χ0v) is 22.8. The largest absolute Gasteiger partial charge is 0.481 e. The maximum atomic E-state index is 13.6. The van der Waals surface area contributed by atoms with Gasteiger partial charge in [-0.2, -0.15) is 0 Å². The van der Waals surface area contributed by atoms with Crippen molar-refractivity contribution in [3.8, 4) is 0 Å². The van der Waals surface area contributed by atoms with E-state index >= 15 is 0 Å². The number of aliphatic carboxylic acids is 3. The second-order valence-corrected chi connectivity index (χ2v) is 14.1. The molecule has 4 N–H and O–H groups in total. The molecule has 0 aromatic carbocycles. The minimum atomic E-state index is -1.26. The molecule has 0 amide bonds. The molecule has 0 heterocycles. The van der Waals surface area contributed by atoms with Gasteiger partial charge < -0.3 is 20.4 Å². The molecule has 0 spiro atoms. The van der Waals surface area contributed by atoms with Crippen molar-refractivity contribution in [3.05, 3.63) is 12.2 Å². The van der Waals surface area contributed by atoms with E-state index in [4.69, 9.17) is 0 Å². The molecule has 0 aliphatic heterocycles. The first-order valence-corrected chi connectivity index (χ1v) is 14.2. The van der Waals surface area contributed by atoms with Gasteiger partial charge in [-0.1, -0.05) is 26.0 Å². The Hall–Kier alpha value is -1.89. The summed E-state index contributed by atoms with van der Waals surface area (Å²) in [6.07, 6.45) is 4.75. The van der Waals surface area contributed by atoms with Gasteiger partial charge in [-0.15, -0.1) is 0 Å². The number of carboxylic acids is 3. The summed E-state index contributed by atoms with van der Waals surface area (Å²) >= 11 is 0. The van der Waals surface area contributed by atoms with Gasteiger partial charge in [0.1, 0.15) is 0 Å². The topological polar surface area (TPSA) is 132 Å². The van der Waals surface area contributed by atoms with E-state index in [0.29, 0.717) is 51.4 Å². The van der Waals surface area contributed by atoms with E-state index in [1.165, 1.54) is 0 Å². The van der Waals surface area contributed by atoms with Crippen LogP contribution in [-0.4, -0.2) is 44.4 Å². The van der Waals surface area contributed by atoms with Crippen molar-refractivity contribution in [1.82, 2.24) is 0 Å². The second-order valence-electron chi connectivity index (χ2n) is 14.1. The van der Waals surface area contributed by atoms with E-state index < -0.39 is 51.1 Å². The Morgan fingerprint density at radius 3 is 2.00 bits per heavy atom. The Labute approximate surface area is 219 Å². The summed E-state index contributed by atoms with van der Waals surface area (Å²) < 4.78 is 0. The average molecular weight is 517 g/mol. The monoisotopic (exact) mass is 516 g/mol. The van der Waals surface area contributed by atoms with E-state index in [0.717, 1.165) is 18.4 Å². The molecule has 0 aromatic rings. The summed E-state index contributed by atoms with van der Waals surface area (Å²) in [6, 6.07) is 0. The molecule has 5 fully saturated rings. The molecule has 7 heteroatoms. The molecule has 0 unspecified atom stereocenters. The van der Waals surface area contributed by atoms with E-state index in [2.05, 4.69) is 20.4 Å². The number of rotatable bonds is 4. The third kappa shape index (κ3) is 2.95. The number of carbonyl (C=O) groups is 3. The van der Waals surface area contributed by atoms with E-state index in [1.807, 2.05) is 6.92 Å². The van der Waals surface area contributed by atoms with Crippen LogP contribution in [0.5, 0.6) is 0 Å². The summed E-state index contributed by atoms with van der Waals surface area (Å²) in [5.74, 6) is -3.30. The van der Waals surface area contributed by atoms with Gasteiger partial charge in [-0.3, -0.25) is 14.4 Å². The second kappa shape index (κ2) is 8.06. The third-order valence-corrected chi connectivity index (χ3v) is 13.4. The standard InChI is InChI=1S/C30H44O7/c1-16(2)17-8-13-29(24(34)35)14-15-30(25(36)37)18(22(17)29)6-7-19-26(3)11-10-21(31)28(5,23(32)33)20(26)9-12-27(19,30)4/h17-22,31H,1,6-15H2,2-5H3,(H,32,33)(H,34,35)(H,36,37)/t17-,18-,19+,20+,21-,22-,26-,27+,28-,29-,30-/m1/s1. The van der Waals surface area contributed by atoms with Gasteiger partial charge in [0.05, 0.1) is 22.3 Å². The van der Waals surface area contributed by atoms with E-state index in [-0.39, 0.29) is 29.6 Å². The van der Waals surface area contributed by atoms with Gasteiger partial charge in [-0.05, 0) is 118 Å². The quantitative estimate of drug-likeness (QED) is 0.377. The third-order valence-electron chi connectivity index (χ3n) is 13.4. The summed E-state index contributed by atoms with van der Waals surface area (Å²) in [4.78, 5) is 38.9. The van der Waals surface area contributed by atoms with Crippen LogP contribution in [0.25, 0.3) is 0 Å². The molecule has 5 aliphatic rings. The van der Waals surface area contributed by atoms with Crippen LogP contribution in [0.15, 0.2) is 12.2 Å². The summed E-state index contributed by atoms with van der Waals surface area (Å²) in [7, 11) is 0. The Kier molecular flexibility index (Phi) is 5.82. The van der Waals surface area contributed by atoms with Crippen molar-refractivity contribution in [2.45, 2.75) is 98.0 Å². The number of fused-ring (bicyclic) bond motifs is 7. The van der Waals surface area contributed by atoms with Crippen molar-refractivity contribution < 1.29 is 34.8 Å². The Balaban J connectivity index is 1.64. The fourth-order valence-electron chi connectivity index (χ4n) is 11.6. The van der Waals surface area contributed by atoms with Crippen molar-refractivity contribution in [3.63, 3.8) is 0 Å². The molecule has 37 heavy (non-hydrogen) atoms. The van der Waals surface area contributed by atoms with E-state index in [1.54, 1.807) is 6.92 Å². The van der Waals surface area contributed by atoms with Crippen LogP contribution in [0.2, 0.25) is 0 Å². The normalized spacial score (nSPS) is 52.7. The molecule has 0 radical (unpaired) electrons. The minimum absolute atomic E-state index is 0.000663. The van der Waals surface area contributed by atoms with Crippen molar-refractivity contribution in [1.29, 1.82) is 0 Å². The molecular weight excluding hydrogens is 472 g/mol. The van der Waals surface area contributed by atoms with Gasteiger partial charge in [0.15, 0.2) is 0 Å². The number of hydrogen-bond donors (Lipinski definition) is 4. The number of hydrogen-bond acceptors (Lipinski definition) is 4. The lowest BCUT2D eigenvalue weighted by molar-refractivity contribution is -0.257. The Morgan fingerprint density at radius 2 is 1.43 bits per heavy atom. The molecule has 0 saturated heterocycles. The Bertz CT molecular complexity index is 1050. The summed E-state index contributed by atoms with van der Waals surface area (Å²) in [6.45, 7) is 12.1. The minimum Gasteiger partial charge on any atom is -0.481 e. The molecule has 0 bridgehead atoms. The molecule has 7 nitrogen and oxygen atoms in total. The van der Waals surface area contributed by atoms with Gasteiger partial charge in [0.25, 0.3) is 0 Å². The van der Waals surface area contributed by atoms with E-state index in [9.17, 15) is 34.8 Å². The fourth-order valence-corrected chi connectivity index (χ4v) is 11.6. The lowest BCUT2D eigenvalue weighted by Crippen LogP contribution is -2.70. The van der Waals surface area contributed by atoms with Crippen LogP contribution >= 0.6 is 0 Å². The maximum Gasteiger partial charge on any atom is 0.312 e. The first-order chi connectivity index (χ1) is 17.1. The predicted molar refractivity (Wildman–Crippen MR) is 137 cm³/mol. The van der Waals surface area contributed by atoms with Crippen molar-refractivity contribution in [2.75, 3.05) is 0 Å². The summed E-state index contributed by atoms with van der Waals surface area (Å²) in [5, 5.41) is 42.7. The smallest absolute Gasteiger partial charge is 0.312 e. The molecular formula is C30H44O7. The van der Waals surface area contributed by atoms with Crippen molar-refractivity contribution in [2.24, 2.45) is 56.7 Å². The van der Waals surface area contributed by atoms with Crippen LogP contribution in [0.3, 0.4) is 0 Å². The number of allylic oxidation sites excluding steroid dienone is 1. The first kappa shape index (κ1) is 26.7. The lowest BCUT2D eigenvalue weighted by Gasteiger charge is -2.71. The molecule has 0 aromatic heterocycles. The molecule has 11 atom stereocenters. The molecule has 5 saturated carbocycles. The highest BCUT2D eigenvalue weighted by molar-refractivity contribution is 5.81. The van der Waals surface area contributed by atoms with Crippen molar-refractivity contribution >= 4 is 17.9 Å². The lowest BCUT2D eigenvalue weighted by atomic mass is 9.31. The highest BCUT2D eigenvalue weighted by Crippen LogP contribution is 2.77.